The Morgan fingerprint density at radius 1 is 1.50 bits per heavy atom. The monoisotopic (exact) mass is 258 g/mol. The summed E-state index contributed by atoms with van der Waals surface area (Å²) in [6.45, 7) is 1.60. The maximum atomic E-state index is 13.4. The van der Waals surface area contributed by atoms with Crippen LogP contribution in [0.5, 0.6) is 5.75 Å². The highest BCUT2D eigenvalue weighted by molar-refractivity contribution is 5.95. The second-order valence-corrected chi connectivity index (χ2v) is 3.45. The third-order valence-electron chi connectivity index (χ3n) is 2.25. The van der Waals surface area contributed by atoms with Crippen LogP contribution < -0.4 is 5.32 Å². The van der Waals surface area contributed by atoms with Crippen LogP contribution in [0.2, 0.25) is 0 Å². The lowest BCUT2D eigenvalue weighted by molar-refractivity contribution is 0.0939. The quantitative estimate of drug-likeness (QED) is 0.812. The minimum Gasteiger partial charge on any atom is -0.503 e. The highest BCUT2D eigenvalue weighted by Crippen LogP contribution is 2.25. The summed E-state index contributed by atoms with van der Waals surface area (Å²) in [5, 5.41) is 19.6. The van der Waals surface area contributed by atoms with E-state index in [-0.39, 0.29) is 6.42 Å². The number of carbonyl (C=O) groups excluding carboxylic acids is 1. The third-order valence-corrected chi connectivity index (χ3v) is 2.25. The van der Waals surface area contributed by atoms with Gasteiger partial charge in [-0.15, -0.1) is 0 Å². The molecule has 0 saturated carbocycles. The molecule has 1 unspecified atom stereocenters. The van der Waals surface area contributed by atoms with E-state index in [9.17, 15) is 18.0 Å². The number of carbonyl (C=O) groups is 1. The predicted molar refractivity (Wildman–Crippen MR) is 55.1 cm³/mol. The molecule has 4 nitrogen and oxygen atoms in total. The van der Waals surface area contributed by atoms with E-state index in [0.29, 0.717) is 6.07 Å². The van der Waals surface area contributed by atoms with Gasteiger partial charge in [-0.05, 0) is 12.5 Å². The molecule has 1 amide bonds. The van der Waals surface area contributed by atoms with Gasteiger partial charge < -0.3 is 10.4 Å². The van der Waals surface area contributed by atoms with Gasteiger partial charge in [0.25, 0.3) is 5.91 Å². The number of nitrogens with zero attached hydrogens (tertiary/aromatic N) is 1. The van der Waals surface area contributed by atoms with Gasteiger partial charge in [0.1, 0.15) is 6.04 Å². The number of phenols is 1. The van der Waals surface area contributed by atoms with Crippen LogP contribution in [0.1, 0.15) is 23.7 Å². The van der Waals surface area contributed by atoms with E-state index in [1.54, 1.807) is 13.0 Å². The maximum absolute atomic E-state index is 13.4. The number of nitrogens with one attached hydrogen (secondary N) is 1. The predicted octanol–water partition coefficient (Wildman–Crippen LogP) is 1.84. The van der Waals surface area contributed by atoms with Crippen LogP contribution >= 0.6 is 0 Å². The molecule has 18 heavy (non-hydrogen) atoms. The highest BCUT2D eigenvalue weighted by Gasteiger charge is 2.23. The zero-order valence-electron chi connectivity index (χ0n) is 9.30. The van der Waals surface area contributed by atoms with Gasteiger partial charge in [-0.25, -0.2) is 8.78 Å². The van der Waals surface area contributed by atoms with E-state index in [4.69, 9.17) is 10.4 Å². The molecule has 0 bridgehead atoms. The van der Waals surface area contributed by atoms with E-state index in [1.165, 1.54) is 0 Å². The molecule has 0 aliphatic carbocycles. The maximum Gasteiger partial charge on any atom is 0.255 e. The molecule has 0 saturated heterocycles. The van der Waals surface area contributed by atoms with Crippen LogP contribution in [0, 0.1) is 28.8 Å². The molecule has 1 rings (SSSR count). The molecule has 96 valence electrons. The van der Waals surface area contributed by atoms with E-state index in [1.807, 2.05) is 0 Å². The van der Waals surface area contributed by atoms with Crippen molar-refractivity contribution in [1.82, 2.24) is 5.32 Å². The molecule has 7 heteroatoms. The molecule has 1 atom stereocenters. The van der Waals surface area contributed by atoms with Gasteiger partial charge in [0.15, 0.2) is 17.4 Å². The lowest BCUT2D eigenvalue weighted by Gasteiger charge is -2.10. The number of hydrogen-bond donors (Lipinski definition) is 2. The summed E-state index contributed by atoms with van der Waals surface area (Å²) in [5.74, 6) is -7.56. The average molecular weight is 258 g/mol. The Morgan fingerprint density at radius 2 is 2.11 bits per heavy atom. The summed E-state index contributed by atoms with van der Waals surface area (Å²) in [4.78, 5) is 11.5. The number of nitriles is 1. The molecular weight excluding hydrogens is 249 g/mol. The molecule has 1 aromatic carbocycles. The Morgan fingerprint density at radius 3 is 2.61 bits per heavy atom. The number of halogens is 3. The zero-order valence-corrected chi connectivity index (χ0v) is 9.30. The van der Waals surface area contributed by atoms with Gasteiger partial charge in [0.2, 0.25) is 5.82 Å². The zero-order chi connectivity index (χ0) is 13.9. The number of phenolic OH excluding ortho intramolecular Hbond substituents is 1. The van der Waals surface area contributed by atoms with Crippen LogP contribution in [0.4, 0.5) is 13.2 Å². The summed E-state index contributed by atoms with van der Waals surface area (Å²) in [6.07, 6.45) is 0.263. The summed E-state index contributed by atoms with van der Waals surface area (Å²) in [7, 11) is 0. The normalized spacial score (nSPS) is 11.7. The van der Waals surface area contributed by atoms with Crippen molar-refractivity contribution in [3.05, 3.63) is 29.1 Å². The molecule has 0 radical (unpaired) electrons. The van der Waals surface area contributed by atoms with Crippen LogP contribution in [0.25, 0.3) is 0 Å². The Kier molecular flexibility index (Phi) is 4.15. The smallest absolute Gasteiger partial charge is 0.255 e. The highest BCUT2D eigenvalue weighted by atomic mass is 19.2. The molecule has 0 fully saturated rings. The molecule has 0 aliphatic rings. The van der Waals surface area contributed by atoms with Gasteiger partial charge in [-0.1, -0.05) is 6.92 Å². The number of hydrogen-bond acceptors (Lipinski definition) is 3. The minimum absolute atomic E-state index is 0.263. The van der Waals surface area contributed by atoms with E-state index >= 15 is 0 Å². The minimum atomic E-state index is -1.77. The molecule has 0 aromatic heterocycles. The van der Waals surface area contributed by atoms with Crippen molar-refractivity contribution in [2.75, 3.05) is 0 Å². The second kappa shape index (κ2) is 5.40. The fourth-order valence-electron chi connectivity index (χ4n) is 1.22. The summed E-state index contributed by atoms with van der Waals surface area (Å²) < 4.78 is 39.1. The summed E-state index contributed by atoms with van der Waals surface area (Å²) in [6, 6.07) is 1.17. The van der Waals surface area contributed by atoms with Crippen molar-refractivity contribution in [2.45, 2.75) is 19.4 Å². The third kappa shape index (κ3) is 2.53. The first-order valence-electron chi connectivity index (χ1n) is 4.99. The van der Waals surface area contributed by atoms with Crippen LogP contribution in [-0.4, -0.2) is 17.1 Å². The van der Waals surface area contributed by atoms with Gasteiger partial charge in [0.05, 0.1) is 11.6 Å². The lowest BCUT2D eigenvalue weighted by atomic mass is 10.1. The fraction of sp³-hybridized carbons (Fsp3) is 0.273. The van der Waals surface area contributed by atoms with Crippen LogP contribution in [-0.2, 0) is 0 Å². The van der Waals surface area contributed by atoms with Crippen molar-refractivity contribution in [3.8, 4) is 11.8 Å². The first-order valence-corrected chi connectivity index (χ1v) is 4.99. The van der Waals surface area contributed by atoms with E-state index < -0.39 is 40.7 Å². The molecule has 1 aromatic rings. The topological polar surface area (TPSA) is 73.1 Å². The summed E-state index contributed by atoms with van der Waals surface area (Å²) in [5.41, 5.74) is -0.861. The first-order chi connectivity index (χ1) is 8.42. The number of amides is 1. The molecular formula is C11H9F3N2O2. The number of aromatic hydroxyl groups is 1. The molecule has 0 aliphatic heterocycles. The summed E-state index contributed by atoms with van der Waals surface area (Å²) >= 11 is 0. The first kappa shape index (κ1) is 13.8. The van der Waals surface area contributed by atoms with Gasteiger partial charge in [-0.3, -0.25) is 4.79 Å². The fourth-order valence-corrected chi connectivity index (χ4v) is 1.22. The Bertz CT molecular complexity index is 526. The largest absolute Gasteiger partial charge is 0.503 e. The van der Waals surface area contributed by atoms with Gasteiger partial charge >= 0.3 is 0 Å². The standard InChI is InChI=1S/C11H9F3N2O2/c1-2-5(4-15)16-11(18)6-3-7(12)9(14)10(17)8(6)13/h3,5,17H,2H2,1H3,(H,16,18). The van der Waals surface area contributed by atoms with Crippen LogP contribution in [0.3, 0.4) is 0 Å². The van der Waals surface area contributed by atoms with Crippen molar-refractivity contribution in [1.29, 1.82) is 5.26 Å². The number of benzene rings is 1. The Labute approximate surface area is 101 Å². The molecule has 0 heterocycles. The van der Waals surface area contributed by atoms with Crippen molar-refractivity contribution < 1.29 is 23.1 Å². The van der Waals surface area contributed by atoms with Crippen molar-refractivity contribution >= 4 is 5.91 Å². The second-order valence-electron chi connectivity index (χ2n) is 3.45. The van der Waals surface area contributed by atoms with E-state index in [2.05, 4.69) is 5.32 Å². The molecule has 0 spiro atoms. The average Bonchev–Trinajstić information content (AvgIpc) is 2.37. The van der Waals surface area contributed by atoms with Gasteiger partial charge in [0, 0.05) is 0 Å². The molecule has 2 N–H and O–H groups in total. The van der Waals surface area contributed by atoms with Gasteiger partial charge in [-0.2, -0.15) is 9.65 Å². The van der Waals surface area contributed by atoms with Crippen LogP contribution in [0.15, 0.2) is 6.07 Å². The van der Waals surface area contributed by atoms with Crippen molar-refractivity contribution in [3.63, 3.8) is 0 Å². The van der Waals surface area contributed by atoms with Crippen molar-refractivity contribution in [2.24, 2.45) is 0 Å². The Hall–Kier alpha value is -2.23. The SMILES string of the molecule is CCC(C#N)NC(=O)c1cc(F)c(F)c(O)c1F. The van der Waals surface area contributed by atoms with E-state index in [0.717, 1.165) is 0 Å². The lowest BCUT2D eigenvalue weighted by Crippen LogP contribution is -2.33. The number of rotatable bonds is 3. The Balaban J connectivity index is 3.12.